The largest absolute Gasteiger partial charge is 0.354 e. The summed E-state index contributed by atoms with van der Waals surface area (Å²) in [4.78, 5) is 22.4. The van der Waals surface area contributed by atoms with E-state index in [1.165, 1.54) is 19.4 Å². The molecule has 3 heterocycles. The van der Waals surface area contributed by atoms with Crippen molar-refractivity contribution in [2.24, 2.45) is 5.92 Å². The quantitative estimate of drug-likeness (QED) is 0.732. The number of carbonyl (C=O) groups excluding carboxylic acids is 1. The van der Waals surface area contributed by atoms with E-state index in [4.69, 9.17) is 4.98 Å². The zero-order valence-corrected chi connectivity index (χ0v) is 17.5. The van der Waals surface area contributed by atoms with Crippen LogP contribution in [0.1, 0.15) is 32.6 Å². The summed E-state index contributed by atoms with van der Waals surface area (Å²) in [5.41, 5.74) is 2.15. The third-order valence-corrected chi connectivity index (χ3v) is 6.51. The predicted octanol–water partition coefficient (Wildman–Crippen LogP) is 3.04. The molecule has 6 heteroatoms. The van der Waals surface area contributed by atoms with Gasteiger partial charge in [-0.3, -0.25) is 9.69 Å². The number of piperidine rings is 1. The number of carbonyl (C=O) groups is 1. The van der Waals surface area contributed by atoms with Gasteiger partial charge >= 0.3 is 0 Å². The highest BCUT2D eigenvalue weighted by Gasteiger charge is 2.29. The van der Waals surface area contributed by atoms with Gasteiger partial charge in [0.25, 0.3) is 0 Å². The number of nitrogens with one attached hydrogen (secondary N) is 1. The molecule has 0 bridgehead atoms. The molecule has 1 aromatic carbocycles. The summed E-state index contributed by atoms with van der Waals surface area (Å²) in [6, 6.07) is 8.76. The van der Waals surface area contributed by atoms with Crippen molar-refractivity contribution < 1.29 is 4.79 Å². The fourth-order valence-electron chi connectivity index (χ4n) is 4.86. The van der Waals surface area contributed by atoms with Crippen molar-refractivity contribution in [3.63, 3.8) is 0 Å². The minimum atomic E-state index is 0.111. The van der Waals surface area contributed by atoms with Crippen molar-refractivity contribution in [2.45, 2.75) is 45.2 Å². The van der Waals surface area contributed by atoms with Gasteiger partial charge in [-0.25, -0.2) is 4.98 Å². The Morgan fingerprint density at radius 3 is 2.79 bits per heavy atom. The van der Waals surface area contributed by atoms with Gasteiger partial charge in [-0.05, 0) is 50.9 Å². The number of amides is 1. The standard InChI is InChI=1S/C23H33N5O/c1-3-13-28-21-10-6-5-9-20(21)25-23(28)27-15-11-18(12-16-27)22(29)24-17-19-8-7-14-26(19)4-2/h3,5-6,9-10,18-19H,1,4,7-8,11-17H2,2H3,(H,24,29)/t19-/m1/s1. The van der Waals surface area contributed by atoms with Gasteiger partial charge in [-0.15, -0.1) is 6.58 Å². The smallest absolute Gasteiger partial charge is 0.223 e. The van der Waals surface area contributed by atoms with Crippen LogP contribution < -0.4 is 10.2 Å². The summed E-state index contributed by atoms with van der Waals surface area (Å²) in [6.45, 7) is 11.6. The molecule has 29 heavy (non-hydrogen) atoms. The van der Waals surface area contributed by atoms with Crippen LogP contribution >= 0.6 is 0 Å². The molecular formula is C23H33N5O. The van der Waals surface area contributed by atoms with E-state index >= 15 is 0 Å². The van der Waals surface area contributed by atoms with Crippen molar-refractivity contribution in [2.75, 3.05) is 37.6 Å². The molecule has 2 aliphatic heterocycles. The number of likely N-dealkylation sites (tertiary alicyclic amines) is 1. The highest BCUT2D eigenvalue weighted by molar-refractivity contribution is 5.80. The number of fused-ring (bicyclic) bond motifs is 1. The molecule has 1 amide bonds. The van der Waals surface area contributed by atoms with E-state index in [-0.39, 0.29) is 11.8 Å². The molecule has 0 radical (unpaired) electrons. The molecule has 2 aromatic rings. The molecule has 2 saturated heterocycles. The normalized spacial score (nSPS) is 21.0. The minimum Gasteiger partial charge on any atom is -0.354 e. The fourth-order valence-corrected chi connectivity index (χ4v) is 4.86. The van der Waals surface area contributed by atoms with E-state index in [0.717, 1.165) is 62.5 Å². The van der Waals surface area contributed by atoms with Crippen LogP contribution in [0.5, 0.6) is 0 Å². The maximum Gasteiger partial charge on any atom is 0.223 e. The Morgan fingerprint density at radius 1 is 1.24 bits per heavy atom. The van der Waals surface area contributed by atoms with Gasteiger partial charge in [0.05, 0.1) is 11.0 Å². The number of likely N-dealkylation sites (N-methyl/N-ethyl adjacent to an activating group) is 1. The summed E-state index contributed by atoms with van der Waals surface area (Å²) in [5.74, 6) is 1.33. The summed E-state index contributed by atoms with van der Waals surface area (Å²) in [6.07, 6.45) is 6.13. The molecule has 1 atom stereocenters. The van der Waals surface area contributed by atoms with Gasteiger partial charge in [0.2, 0.25) is 11.9 Å². The summed E-state index contributed by atoms with van der Waals surface area (Å²) < 4.78 is 2.22. The number of aromatic nitrogens is 2. The minimum absolute atomic E-state index is 0.111. The molecule has 2 aliphatic rings. The molecule has 0 saturated carbocycles. The zero-order chi connectivity index (χ0) is 20.2. The van der Waals surface area contributed by atoms with Crippen molar-refractivity contribution in [1.82, 2.24) is 19.8 Å². The average Bonchev–Trinajstić information content (AvgIpc) is 3.37. The Balaban J connectivity index is 1.36. The second kappa shape index (κ2) is 8.99. The highest BCUT2D eigenvalue weighted by atomic mass is 16.1. The van der Waals surface area contributed by atoms with Crippen LogP contribution in [0.15, 0.2) is 36.9 Å². The number of imidazole rings is 1. The number of nitrogens with zero attached hydrogens (tertiary/aromatic N) is 4. The van der Waals surface area contributed by atoms with E-state index in [9.17, 15) is 4.79 Å². The zero-order valence-electron chi connectivity index (χ0n) is 17.5. The number of hydrogen-bond acceptors (Lipinski definition) is 4. The van der Waals surface area contributed by atoms with E-state index in [1.54, 1.807) is 0 Å². The Labute approximate surface area is 173 Å². The lowest BCUT2D eigenvalue weighted by Gasteiger charge is -2.32. The topological polar surface area (TPSA) is 53.4 Å². The first-order chi connectivity index (χ1) is 14.2. The van der Waals surface area contributed by atoms with E-state index in [2.05, 4.69) is 45.3 Å². The molecule has 0 unspecified atom stereocenters. The van der Waals surface area contributed by atoms with Crippen LogP contribution in [0.25, 0.3) is 11.0 Å². The van der Waals surface area contributed by atoms with Crippen molar-refractivity contribution in [1.29, 1.82) is 0 Å². The fraction of sp³-hybridized carbons (Fsp3) is 0.565. The maximum atomic E-state index is 12.7. The second-order valence-corrected chi connectivity index (χ2v) is 8.23. The summed E-state index contributed by atoms with van der Waals surface area (Å²) >= 11 is 0. The number of para-hydroxylation sites is 2. The summed E-state index contributed by atoms with van der Waals surface area (Å²) in [7, 11) is 0. The van der Waals surface area contributed by atoms with Gasteiger partial charge in [0, 0.05) is 38.1 Å². The number of hydrogen-bond donors (Lipinski definition) is 1. The lowest BCUT2D eigenvalue weighted by molar-refractivity contribution is -0.125. The Morgan fingerprint density at radius 2 is 2.03 bits per heavy atom. The first-order valence-corrected chi connectivity index (χ1v) is 11.0. The second-order valence-electron chi connectivity index (χ2n) is 8.23. The SMILES string of the molecule is C=CCn1c(N2CCC(C(=O)NC[C@H]3CCCN3CC)CC2)nc2ccccc21. The van der Waals surface area contributed by atoms with E-state index < -0.39 is 0 Å². The molecule has 1 N–H and O–H groups in total. The van der Waals surface area contributed by atoms with Gasteiger partial charge < -0.3 is 14.8 Å². The Kier molecular flexibility index (Phi) is 6.19. The maximum absolute atomic E-state index is 12.7. The molecule has 2 fully saturated rings. The number of allylic oxidation sites excluding steroid dienone is 1. The van der Waals surface area contributed by atoms with Crippen molar-refractivity contribution in [3.8, 4) is 0 Å². The molecule has 1 aromatic heterocycles. The molecule has 156 valence electrons. The third kappa shape index (κ3) is 4.17. The number of benzene rings is 1. The van der Waals surface area contributed by atoms with E-state index in [1.807, 2.05) is 18.2 Å². The lowest BCUT2D eigenvalue weighted by Crippen LogP contribution is -2.45. The molecule has 0 aliphatic carbocycles. The van der Waals surface area contributed by atoms with Gasteiger partial charge in [0.15, 0.2) is 0 Å². The predicted molar refractivity (Wildman–Crippen MR) is 118 cm³/mol. The van der Waals surface area contributed by atoms with Gasteiger partial charge in [-0.2, -0.15) is 0 Å². The Bertz CT molecular complexity index is 852. The number of anilines is 1. The highest BCUT2D eigenvalue weighted by Crippen LogP contribution is 2.27. The lowest BCUT2D eigenvalue weighted by atomic mass is 9.96. The molecule has 6 nitrogen and oxygen atoms in total. The van der Waals surface area contributed by atoms with Crippen LogP contribution in [0.3, 0.4) is 0 Å². The van der Waals surface area contributed by atoms with E-state index in [0.29, 0.717) is 6.04 Å². The monoisotopic (exact) mass is 395 g/mol. The summed E-state index contributed by atoms with van der Waals surface area (Å²) in [5, 5.41) is 3.23. The molecule has 4 rings (SSSR count). The van der Waals surface area contributed by atoms with Crippen LogP contribution in [-0.4, -0.2) is 59.1 Å². The first kappa shape index (κ1) is 20.0. The van der Waals surface area contributed by atoms with Crippen LogP contribution in [0.2, 0.25) is 0 Å². The van der Waals surface area contributed by atoms with Gasteiger partial charge in [-0.1, -0.05) is 25.1 Å². The van der Waals surface area contributed by atoms with Crippen LogP contribution in [-0.2, 0) is 11.3 Å². The number of rotatable bonds is 7. The van der Waals surface area contributed by atoms with Crippen LogP contribution in [0, 0.1) is 5.92 Å². The van der Waals surface area contributed by atoms with Gasteiger partial charge in [0.1, 0.15) is 0 Å². The Hall–Kier alpha value is -2.34. The van der Waals surface area contributed by atoms with Crippen molar-refractivity contribution in [3.05, 3.63) is 36.9 Å². The average molecular weight is 396 g/mol. The van der Waals surface area contributed by atoms with Crippen LogP contribution in [0.4, 0.5) is 5.95 Å². The first-order valence-electron chi connectivity index (χ1n) is 11.0. The third-order valence-electron chi connectivity index (χ3n) is 6.51. The molecular weight excluding hydrogens is 362 g/mol. The molecule has 0 spiro atoms. The van der Waals surface area contributed by atoms with Crippen molar-refractivity contribution >= 4 is 22.9 Å².